The van der Waals surface area contributed by atoms with Crippen LogP contribution in [-0.2, 0) is 10.0 Å². The number of nitrogens with one attached hydrogen (secondary N) is 1. The zero-order valence-electron chi connectivity index (χ0n) is 10.4. The van der Waals surface area contributed by atoms with Gasteiger partial charge in [-0.25, -0.2) is 13.1 Å². The fourth-order valence-electron chi connectivity index (χ4n) is 1.51. The van der Waals surface area contributed by atoms with Crippen LogP contribution in [0.4, 0.5) is 5.69 Å². The Morgan fingerprint density at radius 2 is 1.89 bits per heavy atom. The summed E-state index contributed by atoms with van der Waals surface area (Å²) in [5.41, 5.74) is 5.81. The van der Waals surface area contributed by atoms with E-state index in [1.54, 1.807) is 6.92 Å². The lowest BCUT2D eigenvalue weighted by atomic mass is 10.2. The Morgan fingerprint density at radius 1 is 1.37 bits per heavy atom. The second kappa shape index (κ2) is 6.76. The number of anilines is 1. The molecule has 0 aliphatic heterocycles. The summed E-state index contributed by atoms with van der Waals surface area (Å²) in [6.07, 6.45) is 0.556. The molecule has 0 fully saturated rings. The van der Waals surface area contributed by atoms with Crippen LogP contribution < -0.4 is 10.5 Å². The first-order valence-electron chi connectivity index (χ1n) is 5.66. The van der Waals surface area contributed by atoms with Crippen LogP contribution in [0.1, 0.15) is 19.8 Å². The van der Waals surface area contributed by atoms with E-state index in [9.17, 15) is 8.42 Å². The van der Waals surface area contributed by atoms with Gasteiger partial charge < -0.3 is 10.8 Å². The molecule has 0 aromatic heterocycles. The van der Waals surface area contributed by atoms with Crippen LogP contribution in [0.2, 0.25) is 10.0 Å². The minimum atomic E-state index is -3.79. The first-order chi connectivity index (χ1) is 8.74. The first kappa shape index (κ1) is 16.5. The third-order valence-electron chi connectivity index (χ3n) is 2.38. The van der Waals surface area contributed by atoms with E-state index < -0.39 is 16.1 Å². The molecule has 19 heavy (non-hydrogen) atoms. The number of hydrogen-bond acceptors (Lipinski definition) is 4. The highest BCUT2D eigenvalue weighted by molar-refractivity contribution is 7.89. The van der Waals surface area contributed by atoms with Gasteiger partial charge in [0.2, 0.25) is 10.0 Å². The maximum Gasteiger partial charge on any atom is 0.243 e. The van der Waals surface area contributed by atoms with Crippen molar-refractivity contribution >= 4 is 38.9 Å². The molecule has 108 valence electrons. The van der Waals surface area contributed by atoms with E-state index in [1.807, 2.05) is 0 Å². The summed E-state index contributed by atoms with van der Waals surface area (Å²) in [6.45, 7) is 1.84. The summed E-state index contributed by atoms with van der Waals surface area (Å²) in [5.74, 6) is 0. The van der Waals surface area contributed by atoms with Crippen LogP contribution in [0.3, 0.4) is 0 Å². The third kappa shape index (κ3) is 4.81. The van der Waals surface area contributed by atoms with E-state index in [4.69, 9.17) is 34.0 Å². The van der Waals surface area contributed by atoms with Crippen LogP contribution in [0.15, 0.2) is 17.0 Å². The molecule has 1 atom stereocenters. The Kier molecular flexibility index (Phi) is 5.88. The summed E-state index contributed by atoms with van der Waals surface area (Å²) >= 11 is 11.7. The van der Waals surface area contributed by atoms with Gasteiger partial charge in [-0.2, -0.15) is 0 Å². The van der Waals surface area contributed by atoms with Gasteiger partial charge in [0.25, 0.3) is 0 Å². The van der Waals surface area contributed by atoms with Gasteiger partial charge in [0, 0.05) is 12.2 Å². The molecule has 0 saturated carbocycles. The quantitative estimate of drug-likeness (QED) is 0.550. The molecule has 5 nitrogen and oxygen atoms in total. The summed E-state index contributed by atoms with van der Waals surface area (Å²) in [6, 6.07) is 2.66. The van der Waals surface area contributed by atoms with Gasteiger partial charge in [0.05, 0.1) is 16.1 Å². The maximum atomic E-state index is 12.0. The summed E-state index contributed by atoms with van der Waals surface area (Å²) in [4.78, 5) is -0.179. The fourth-order valence-corrected chi connectivity index (χ4v) is 3.81. The second-order valence-electron chi connectivity index (χ2n) is 4.20. The van der Waals surface area contributed by atoms with Crippen molar-refractivity contribution in [2.45, 2.75) is 30.8 Å². The Hall–Kier alpha value is -0.530. The zero-order valence-corrected chi connectivity index (χ0v) is 12.7. The third-order valence-corrected chi connectivity index (χ3v) is 4.76. The molecule has 8 heteroatoms. The molecule has 0 saturated heterocycles. The second-order valence-corrected chi connectivity index (χ2v) is 6.72. The van der Waals surface area contributed by atoms with Crippen LogP contribution in [0, 0.1) is 0 Å². The van der Waals surface area contributed by atoms with Crippen molar-refractivity contribution in [2.24, 2.45) is 0 Å². The van der Waals surface area contributed by atoms with E-state index in [0.717, 1.165) is 0 Å². The van der Waals surface area contributed by atoms with Gasteiger partial charge in [-0.05, 0) is 31.9 Å². The summed E-state index contributed by atoms with van der Waals surface area (Å²) < 4.78 is 26.5. The van der Waals surface area contributed by atoms with Gasteiger partial charge in [-0.1, -0.05) is 23.2 Å². The minimum absolute atomic E-state index is 0.0203. The van der Waals surface area contributed by atoms with Crippen LogP contribution >= 0.6 is 23.2 Å². The molecule has 0 aliphatic rings. The Labute approximate surface area is 122 Å². The molecule has 1 aromatic carbocycles. The van der Waals surface area contributed by atoms with Gasteiger partial charge in [0.15, 0.2) is 0 Å². The highest BCUT2D eigenvalue weighted by atomic mass is 35.5. The average molecular weight is 327 g/mol. The molecule has 1 unspecified atom stereocenters. The van der Waals surface area contributed by atoms with E-state index in [-0.39, 0.29) is 21.5 Å². The monoisotopic (exact) mass is 326 g/mol. The lowest BCUT2D eigenvalue weighted by molar-refractivity contribution is 0.182. The van der Waals surface area contributed by atoms with E-state index in [1.165, 1.54) is 12.1 Å². The van der Waals surface area contributed by atoms with Crippen molar-refractivity contribution in [2.75, 3.05) is 12.3 Å². The lowest BCUT2D eigenvalue weighted by Crippen LogP contribution is -2.26. The molecule has 1 aromatic rings. The van der Waals surface area contributed by atoms with Crippen molar-refractivity contribution < 1.29 is 13.5 Å². The number of nitrogen functional groups attached to an aromatic ring is 1. The van der Waals surface area contributed by atoms with E-state index in [0.29, 0.717) is 18.5 Å². The largest absolute Gasteiger partial charge is 0.399 e. The van der Waals surface area contributed by atoms with Crippen LogP contribution in [0.5, 0.6) is 0 Å². The highest BCUT2D eigenvalue weighted by Crippen LogP contribution is 2.31. The van der Waals surface area contributed by atoms with Gasteiger partial charge >= 0.3 is 0 Å². The Morgan fingerprint density at radius 3 is 2.37 bits per heavy atom. The van der Waals surface area contributed by atoms with Crippen molar-refractivity contribution in [1.82, 2.24) is 4.72 Å². The molecule has 0 aliphatic carbocycles. The van der Waals surface area contributed by atoms with Crippen molar-refractivity contribution in [3.63, 3.8) is 0 Å². The van der Waals surface area contributed by atoms with Crippen molar-refractivity contribution in [1.29, 1.82) is 0 Å². The Bertz CT molecular complexity index is 524. The molecule has 0 amide bonds. The number of aliphatic hydroxyl groups is 1. The molecule has 0 bridgehead atoms. The number of halogens is 2. The predicted molar refractivity (Wildman–Crippen MR) is 77.0 cm³/mol. The van der Waals surface area contributed by atoms with Crippen LogP contribution in [-0.4, -0.2) is 26.2 Å². The van der Waals surface area contributed by atoms with Gasteiger partial charge in [0.1, 0.15) is 4.90 Å². The summed E-state index contributed by atoms with van der Waals surface area (Å²) in [7, 11) is -3.79. The topological polar surface area (TPSA) is 92.4 Å². The first-order valence-corrected chi connectivity index (χ1v) is 7.90. The smallest absolute Gasteiger partial charge is 0.243 e. The number of sulfonamides is 1. The number of benzene rings is 1. The fraction of sp³-hybridized carbons (Fsp3) is 0.455. The molecular formula is C11H16Cl2N2O3S. The lowest BCUT2D eigenvalue weighted by Gasteiger charge is -2.11. The average Bonchev–Trinajstić information content (AvgIpc) is 2.22. The molecule has 0 spiro atoms. The predicted octanol–water partition coefficient (Wildman–Crippen LogP) is 2.01. The normalized spacial score (nSPS) is 13.5. The number of hydrogen-bond donors (Lipinski definition) is 3. The van der Waals surface area contributed by atoms with Crippen LogP contribution in [0.25, 0.3) is 0 Å². The number of nitrogens with two attached hydrogens (primary N) is 1. The molecule has 0 heterocycles. The highest BCUT2D eigenvalue weighted by Gasteiger charge is 2.21. The minimum Gasteiger partial charge on any atom is -0.399 e. The van der Waals surface area contributed by atoms with Crippen molar-refractivity contribution in [3.05, 3.63) is 22.2 Å². The summed E-state index contributed by atoms with van der Waals surface area (Å²) in [5, 5.41) is 9.04. The molecule has 4 N–H and O–H groups in total. The van der Waals surface area contributed by atoms with Gasteiger partial charge in [-0.3, -0.25) is 0 Å². The SMILES string of the molecule is CC(O)CCCNS(=O)(=O)c1c(Cl)cc(N)cc1Cl. The maximum absolute atomic E-state index is 12.0. The standard InChI is InChI=1S/C11H16Cl2N2O3S/c1-7(16)3-2-4-15-19(17,18)11-9(12)5-8(14)6-10(11)13/h5-7,15-16H,2-4,14H2,1H3. The number of rotatable bonds is 6. The molecular weight excluding hydrogens is 311 g/mol. The van der Waals surface area contributed by atoms with E-state index >= 15 is 0 Å². The number of aliphatic hydroxyl groups excluding tert-OH is 1. The molecule has 0 radical (unpaired) electrons. The van der Waals surface area contributed by atoms with E-state index in [2.05, 4.69) is 4.72 Å². The zero-order chi connectivity index (χ0) is 14.6. The molecule has 1 rings (SSSR count). The van der Waals surface area contributed by atoms with Crippen molar-refractivity contribution in [3.8, 4) is 0 Å². The van der Waals surface area contributed by atoms with Gasteiger partial charge in [-0.15, -0.1) is 0 Å². The Balaban J connectivity index is 2.84.